The van der Waals surface area contributed by atoms with E-state index >= 15 is 0 Å². The Labute approximate surface area is 161 Å². The number of phenols is 1. The van der Waals surface area contributed by atoms with E-state index in [2.05, 4.69) is 5.32 Å². The van der Waals surface area contributed by atoms with E-state index in [0.29, 0.717) is 34.4 Å². The third-order valence-electron chi connectivity index (χ3n) is 4.07. The lowest BCUT2D eigenvalue weighted by atomic mass is 9.96. The van der Waals surface area contributed by atoms with Gasteiger partial charge in [-0.3, -0.25) is 9.59 Å². The summed E-state index contributed by atoms with van der Waals surface area (Å²) in [6.45, 7) is 3.97. The Morgan fingerprint density at radius 3 is 2.46 bits per heavy atom. The van der Waals surface area contributed by atoms with Gasteiger partial charge in [0.05, 0.1) is 10.0 Å². The van der Waals surface area contributed by atoms with E-state index in [1.54, 1.807) is 24.3 Å². The maximum atomic E-state index is 12.4. The molecule has 0 bridgehead atoms. The highest BCUT2D eigenvalue weighted by molar-refractivity contribution is 6.38. The minimum Gasteiger partial charge on any atom is -0.505 e. The second kappa shape index (κ2) is 7.14. The molecule has 0 radical (unpaired) electrons. The summed E-state index contributed by atoms with van der Waals surface area (Å²) in [4.78, 5) is 24.7. The lowest BCUT2D eigenvalue weighted by molar-refractivity contribution is -0.110. The first kappa shape index (κ1) is 18.5. The molecule has 1 aliphatic heterocycles. The van der Waals surface area contributed by atoms with Crippen molar-refractivity contribution in [1.29, 1.82) is 0 Å². The second-order valence-electron chi connectivity index (χ2n) is 6.63. The maximum Gasteiger partial charge on any atom is 0.256 e. The number of carbonyl (C=O) groups is 2. The Morgan fingerprint density at radius 1 is 1.19 bits per heavy atom. The van der Waals surface area contributed by atoms with Crippen molar-refractivity contribution in [3.05, 3.63) is 57.1 Å². The van der Waals surface area contributed by atoms with Crippen LogP contribution in [0.5, 0.6) is 5.75 Å². The van der Waals surface area contributed by atoms with Crippen molar-refractivity contribution in [2.75, 3.05) is 5.32 Å². The molecule has 2 N–H and O–H groups in total. The van der Waals surface area contributed by atoms with E-state index in [1.165, 1.54) is 12.1 Å². The molecule has 0 atom stereocenters. The van der Waals surface area contributed by atoms with Gasteiger partial charge in [0, 0.05) is 28.8 Å². The smallest absolute Gasteiger partial charge is 0.256 e. The number of nitrogens with one attached hydrogen (secondary N) is 1. The summed E-state index contributed by atoms with van der Waals surface area (Å²) in [6, 6.07) is 8.23. The van der Waals surface area contributed by atoms with E-state index < -0.39 is 0 Å². The molecular formula is C20H17Cl2NO3. The molecule has 0 aliphatic carbocycles. The lowest BCUT2D eigenvalue weighted by Gasteiger charge is -2.07. The predicted molar refractivity (Wildman–Crippen MR) is 105 cm³/mol. The third-order valence-corrected chi connectivity index (χ3v) is 4.64. The fraction of sp³-hybridized carbons (Fsp3) is 0.200. The average molecular weight is 390 g/mol. The number of halogens is 2. The molecular weight excluding hydrogens is 373 g/mol. The van der Waals surface area contributed by atoms with Gasteiger partial charge in [-0.15, -0.1) is 0 Å². The van der Waals surface area contributed by atoms with Gasteiger partial charge in [0.2, 0.25) is 0 Å². The SMILES string of the molecule is CC(C)CC(=O)c1ccc2c(c1)/C(=C/c1cc(Cl)c(O)c(Cl)c1)C(=O)N2. The zero-order chi connectivity index (χ0) is 19.0. The lowest BCUT2D eigenvalue weighted by Crippen LogP contribution is -2.03. The van der Waals surface area contributed by atoms with Crippen LogP contribution in [-0.4, -0.2) is 16.8 Å². The molecule has 1 aliphatic rings. The number of ketones is 1. The summed E-state index contributed by atoms with van der Waals surface area (Å²) in [6.07, 6.45) is 2.08. The molecule has 26 heavy (non-hydrogen) atoms. The zero-order valence-corrected chi connectivity index (χ0v) is 15.8. The fourth-order valence-electron chi connectivity index (χ4n) is 2.83. The van der Waals surface area contributed by atoms with Crippen LogP contribution in [0, 0.1) is 5.92 Å². The van der Waals surface area contributed by atoms with E-state index in [4.69, 9.17) is 23.2 Å². The van der Waals surface area contributed by atoms with Crippen molar-refractivity contribution in [3.63, 3.8) is 0 Å². The Hall–Kier alpha value is -2.30. The molecule has 6 heteroatoms. The molecule has 0 unspecified atom stereocenters. The van der Waals surface area contributed by atoms with Crippen molar-refractivity contribution in [3.8, 4) is 5.75 Å². The largest absolute Gasteiger partial charge is 0.505 e. The maximum absolute atomic E-state index is 12.4. The summed E-state index contributed by atoms with van der Waals surface area (Å²) in [5.41, 5.74) is 2.87. The number of amides is 1. The summed E-state index contributed by atoms with van der Waals surface area (Å²) in [5, 5.41) is 12.7. The number of fused-ring (bicyclic) bond motifs is 1. The third kappa shape index (κ3) is 3.62. The standard InChI is InChI=1S/C20H17Cl2NO3/c1-10(2)5-18(24)12-3-4-17-13(9-12)14(20(26)23-17)6-11-7-15(21)19(25)16(22)8-11/h3-4,6-10,25H,5H2,1-2H3,(H,23,26)/b14-6-. The van der Waals surface area contributed by atoms with Crippen LogP contribution in [0.1, 0.15) is 41.8 Å². The monoisotopic (exact) mass is 389 g/mol. The second-order valence-corrected chi connectivity index (χ2v) is 7.44. The number of hydrogen-bond acceptors (Lipinski definition) is 3. The van der Waals surface area contributed by atoms with Crippen LogP contribution in [0.3, 0.4) is 0 Å². The number of hydrogen-bond donors (Lipinski definition) is 2. The molecule has 0 saturated heterocycles. The Morgan fingerprint density at radius 2 is 1.85 bits per heavy atom. The van der Waals surface area contributed by atoms with Crippen LogP contribution in [0.4, 0.5) is 5.69 Å². The summed E-state index contributed by atoms with van der Waals surface area (Å²) < 4.78 is 0. The van der Waals surface area contributed by atoms with Gasteiger partial charge >= 0.3 is 0 Å². The minimum absolute atomic E-state index is 0.0391. The highest BCUT2D eigenvalue weighted by Crippen LogP contribution is 2.37. The highest BCUT2D eigenvalue weighted by atomic mass is 35.5. The molecule has 0 saturated carbocycles. The van der Waals surface area contributed by atoms with Gasteiger partial charge in [-0.05, 0) is 47.9 Å². The molecule has 1 amide bonds. The van der Waals surface area contributed by atoms with E-state index in [-0.39, 0.29) is 33.4 Å². The van der Waals surface area contributed by atoms with Crippen LogP contribution >= 0.6 is 23.2 Å². The van der Waals surface area contributed by atoms with Crippen molar-refractivity contribution in [1.82, 2.24) is 0 Å². The topological polar surface area (TPSA) is 66.4 Å². The minimum atomic E-state index is -0.270. The number of rotatable bonds is 4. The van der Waals surface area contributed by atoms with Crippen LogP contribution in [0.2, 0.25) is 10.0 Å². The number of aromatic hydroxyl groups is 1. The van der Waals surface area contributed by atoms with E-state index in [9.17, 15) is 14.7 Å². The van der Waals surface area contributed by atoms with Gasteiger partial charge in [-0.25, -0.2) is 0 Å². The van der Waals surface area contributed by atoms with Crippen LogP contribution in [0.25, 0.3) is 11.6 Å². The van der Waals surface area contributed by atoms with Crippen LogP contribution in [0.15, 0.2) is 30.3 Å². The summed E-state index contributed by atoms with van der Waals surface area (Å²) in [5.74, 6) is -0.175. The number of phenolic OH excluding ortho intramolecular Hbond substituents is 1. The van der Waals surface area contributed by atoms with E-state index in [1.807, 2.05) is 13.8 Å². The molecule has 4 nitrogen and oxygen atoms in total. The van der Waals surface area contributed by atoms with Crippen LogP contribution < -0.4 is 5.32 Å². The highest BCUT2D eigenvalue weighted by Gasteiger charge is 2.25. The van der Waals surface area contributed by atoms with Gasteiger partial charge < -0.3 is 10.4 Å². The van der Waals surface area contributed by atoms with Crippen molar-refractivity contribution in [2.24, 2.45) is 5.92 Å². The average Bonchev–Trinajstić information content (AvgIpc) is 2.87. The molecule has 134 valence electrons. The first-order chi connectivity index (χ1) is 12.3. The Bertz CT molecular complexity index is 925. The fourth-order valence-corrected chi connectivity index (χ4v) is 3.33. The Kier molecular flexibility index (Phi) is 5.08. The van der Waals surface area contributed by atoms with E-state index in [0.717, 1.165) is 0 Å². The molecule has 0 spiro atoms. The van der Waals surface area contributed by atoms with Gasteiger partial charge in [-0.1, -0.05) is 37.0 Å². The number of benzene rings is 2. The van der Waals surface area contributed by atoms with Gasteiger partial charge in [0.15, 0.2) is 11.5 Å². The molecule has 2 aromatic rings. The number of anilines is 1. The molecule has 3 rings (SSSR count). The van der Waals surface area contributed by atoms with Gasteiger partial charge in [-0.2, -0.15) is 0 Å². The van der Waals surface area contributed by atoms with Gasteiger partial charge in [0.25, 0.3) is 5.91 Å². The quantitative estimate of drug-likeness (QED) is 0.541. The normalized spacial score (nSPS) is 14.7. The predicted octanol–water partition coefficient (Wildman–Crippen LogP) is 5.42. The first-order valence-corrected chi connectivity index (χ1v) is 8.90. The van der Waals surface area contributed by atoms with Crippen molar-refractivity contribution in [2.45, 2.75) is 20.3 Å². The Balaban J connectivity index is 2.04. The number of Topliss-reactive ketones (excluding diaryl/α,β-unsaturated/α-hetero) is 1. The summed E-state index contributed by atoms with van der Waals surface area (Å²) in [7, 11) is 0. The van der Waals surface area contributed by atoms with Gasteiger partial charge in [0.1, 0.15) is 0 Å². The summed E-state index contributed by atoms with van der Waals surface area (Å²) >= 11 is 11.9. The molecule has 2 aromatic carbocycles. The van der Waals surface area contributed by atoms with Crippen molar-refractivity contribution >= 4 is 52.2 Å². The van der Waals surface area contributed by atoms with Crippen LogP contribution in [-0.2, 0) is 4.79 Å². The zero-order valence-electron chi connectivity index (χ0n) is 14.3. The van der Waals surface area contributed by atoms with Crippen molar-refractivity contribution < 1.29 is 14.7 Å². The molecule has 0 aromatic heterocycles. The molecule has 0 fully saturated rings. The first-order valence-electron chi connectivity index (χ1n) is 8.15. The number of carbonyl (C=O) groups excluding carboxylic acids is 2. The molecule has 1 heterocycles.